The molecule has 4 nitrogen and oxygen atoms in total. The highest BCUT2D eigenvalue weighted by molar-refractivity contribution is 5.70. The molecule has 1 fully saturated rings. The standard InChI is InChI=1S/C12H24N2O2/c1-6-7-12(13-5)8-9-14(12)10(15)16-11(2,3)4/h13H,6-9H2,1-5H3. The highest BCUT2D eigenvalue weighted by Crippen LogP contribution is 2.33. The van der Waals surface area contributed by atoms with Gasteiger partial charge in [0.05, 0.1) is 5.66 Å². The van der Waals surface area contributed by atoms with Crippen molar-refractivity contribution in [2.45, 2.75) is 58.2 Å². The van der Waals surface area contributed by atoms with E-state index >= 15 is 0 Å². The first-order valence-electron chi connectivity index (χ1n) is 6.04. The van der Waals surface area contributed by atoms with Gasteiger partial charge in [-0.25, -0.2) is 4.79 Å². The first-order valence-corrected chi connectivity index (χ1v) is 6.04. The van der Waals surface area contributed by atoms with Gasteiger partial charge in [0.25, 0.3) is 0 Å². The first-order chi connectivity index (χ1) is 7.34. The van der Waals surface area contributed by atoms with Crippen molar-refractivity contribution in [3.05, 3.63) is 0 Å². The lowest BCUT2D eigenvalue weighted by atomic mass is 9.90. The van der Waals surface area contributed by atoms with Crippen LogP contribution in [0.4, 0.5) is 4.79 Å². The molecule has 1 amide bonds. The maximum Gasteiger partial charge on any atom is 0.411 e. The number of nitrogens with one attached hydrogen (secondary N) is 1. The smallest absolute Gasteiger partial charge is 0.411 e. The summed E-state index contributed by atoms with van der Waals surface area (Å²) in [5.74, 6) is 0. The topological polar surface area (TPSA) is 41.6 Å². The van der Waals surface area contributed by atoms with E-state index in [1.807, 2.05) is 32.7 Å². The number of likely N-dealkylation sites (tertiary alicyclic amines) is 1. The van der Waals surface area contributed by atoms with Crippen LogP contribution in [0.2, 0.25) is 0 Å². The summed E-state index contributed by atoms with van der Waals surface area (Å²) in [4.78, 5) is 13.8. The van der Waals surface area contributed by atoms with Crippen molar-refractivity contribution in [2.75, 3.05) is 13.6 Å². The summed E-state index contributed by atoms with van der Waals surface area (Å²) in [6, 6.07) is 0. The molecule has 1 N–H and O–H groups in total. The van der Waals surface area contributed by atoms with Gasteiger partial charge in [-0.3, -0.25) is 10.2 Å². The molecular formula is C12H24N2O2. The van der Waals surface area contributed by atoms with E-state index in [9.17, 15) is 4.79 Å². The summed E-state index contributed by atoms with van der Waals surface area (Å²) in [6.45, 7) is 8.60. The van der Waals surface area contributed by atoms with E-state index < -0.39 is 5.60 Å². The minimum atomic E-state index is -0.418. The predicted octanol–water partition coefficient (Wildman–Crippen LogP) is 2.34. The van der Waals surface area contributed by atoms with Crippen molar-refractivity contribution >= 4 is 6.09 Å². The lowest BCUT2D eigenvalue weighted by molar-refractivity contribution is -0.0607. The number of hydrogen-bond acceptors (Lipinski definition) is 3. The summed E-state index contributed by atoms with van der Waals surface area (Å²) < 4.78 is 5.39. The Balaban J connectivity index is 2.63. The third-order valence-electron chi connectivity index (χ3n) is 3.01. The molecular weight excluding hydrogens is 204 g/mol. The lowest BCUT2D eigenvalue weighted by Crippen LogP contribution is -2.69. The Hall–Kier alpha value is -0.770. The average Bonchev–Trinajstić information content (AvgIpc) is 2.08. The Morgan fingerprint density at radius 3 is 2.44 bits per heavy atom. The van der Waals surface area contributed by atoms with Crippen LogP contribution in [-0.2, 0) is 4.74 Å². The van der Waals surface area contributed by atoms with E-state index in [1.165, 1.54) is 0 Å². The van der Waals surface area contributed by atoms with Crippen LogP contribution in [-0.4, -0.2) is 35.8 Å². The lowest BCUT2D eigenvalue weighted by Gasteiger charge is -2.52. The van der Waals surface area contributed by atoms with Gasteiger partial charge in [0, 0.05) is 13.0 Å². The molecule has 4 heteroatoms. The van der Waals surface area contributed by atoms with E-state index in [0.29, 0.717) is 0 Å². The van der Waals surface area contributed by atoms with Crippen molar-refractivity contribution in [3.8, 4) is 0 Å². The van der Waals surface area contributed by atoms with Gasteiger partial charge < -0.3 is 4.74 Å². The minimum absolute atomic E-state index is 0.170. The molecule has 1 heterocycles. The van der Waals surface area contributed by atoms with Crippen LogP contribution in [0.15, 0.2) is 0 Å². The van der Waals surface area contributed by atoms with Crippen molar-refractivity contribution in [2.24, 2.45) is 0 Å². The van der Waals surface area contributed by atoms with Crippen LogP contribution in [0, 0.1) is 0 Å². The maximum atomic E-state index is 12.0. The van der Waals surface area contributed by atoms with Gasteiger partial charge in [-0.2, -0.15) is 0 Å². The fourth-order valence-corrected chi connectivity index (χ4v) is 2.14. The van der Waals surface area contributed by atoms with Crippen LogP contribution < -0.4 is 5.32 Å². The SMILES string of the molecule is CCCC1(NC)CCN1C(=O)OC(C)(C)C. The Kier molecular flexibility index (Phi) is 3.84. The largest absolute Gasteiger partial charge is 0.444 e. The van der Waals surface area contributed by atoms with Crippen LogP contribution in [0.3, 0.4) is 0 Å². The van der Waals surface area contributed by atoms with Crippen LogP contribution >= 0.6 is 0 Å². The first kappa shape index (κ1) is 13.3. The summed E-state index contributed by atoms with van der Waals surface area (Å²) in [5.41, 5.74) is -0.588. The van der Waals surface area contributed by atoms with E-state index in [2.05, 4.69) is 12.2 Å². The van der Waals surface area contributed by atoms with Gasteiger partial charge in [0.2, 0.25) is 0 Å². The van der Waals surface area contributed by atoms with Crippen molar-refractivity contribution in [3.63, 3.8) is 0 Å². The van der Waals surface area contributed by atoms with Crippen LogP contribution in [0.5, 0.6) is 0 Å². The molecule has 0 radical (unpaired) electrons. The van der Waals surface area contributed by atoms with Gasteiger partial charge in [-0.15, -0.1) is 0 Å². The van der Waals surface area contributed by atoms with E-state index in [0.717, 1.165) is 25.8 Å². The monoisotopic (exact) mass is 228 g/mol. The third kappa shape index (κ3) is 2.67. The number of nitrogens with zero attached hydrogens (tertiary/aromatic N) is 1. The van der Waals surface area contributed by atoms with Crippen molar-refractivity contribution in [1.82, 2.24) is 10.2 Å². The Morgan fingerprint density at radius 1 is 1.50 bits per heavy atom. The molecule has 0 aromatic carbocycles. The highest BCUT2D eigenvalue weighted by Gasteiger charge is 2.47. The second-order valence-corrected chi connectivity index (χ2v) is 5.41. The van der Waals surface area contributed by atoms with Gasteiger partial charge in [0.1, 0.15) is 5.60 Å². The van der Waals surface area contributed by atoms with Gasteiger partial charge in [-0.05, 0) is 34.2 Å². The maximum absolute atomic E-state index is 12.0. The Bertz CT molecular complexity index is 256. The Labute approximate surface area is 98.3 Å². The van der Waals surface area contributed by atoms with Gasteiger partial charge in [-0.1, -0.05) is 13.3 Å². The van der Waals surface area contributed by atoms with E-state index in [1.54, 1.807) is 0 Å². The van der Waals surface area contributed by atoms with E-state index in [-0.39, 0.29) is 11.8 Å². The van der Waals surface area contributed by atoms with E-state index in [4.69, 9.17) is 4.74 Å². The summed E-state index contributed by atoms with van der Waals surface area (Å²) in [5, 5.41) is 3.26. The number of hydrogen-bond donors (Lipinski definition) is 1. The molecule has 0 saturated carbocycles. The summed E-state index contributed by atoms with van der Waals surface area (Å²) >= 11 is 0. The molecule has 0 aromatic rings. The van der Waals surface area contributed by atoms with Crippen molar-refractivity contribution < 1.29 is 9.53 Å². The molecule has 0 spiro atoms. The number of carbonyl (C=O) groups is 1. The number of carbonyl (C=O) groups excluding carboxylic acids is 1. The molecule has 0 aromatic heterocycles. The zero-order valence-electron chi connectivity index (χ0n) is 11.1. The number of amides is 1. The molecule has 1 unspecified atom stereocenters. The third-order valence-corrected chi connectivity index (χ3v) is 3.01. The second-order valence-electron chi connectivity index (χ2n) is 5.41. The fourth-order valence-electron chi connectivity index (χ4n) is 2.14. The average molecular weight is 228 g/mol. The predicted molar refractivity (Wildman–Crippen MR) is 64.3 cm³/mol. The molecule has 16 heavy (non-hydrogen) atoms. The van der Waals surface area contributed by atoms with Crippen LogP contribution in [0.1, 0.15) is 47.0 Å². The fraction of sp³-hybridized carbons (Fsp3) is 0.917. The van der Waals surface area contributed by atoms with Gasteiger partial charge in [0.15, 0.2) is 0 Å². The molecule has 94 valence electrons. The summed E-state index contributed by atoms with van der Waals surface area (Å²) in [6.07, 6.45) is 2.83. The Morgan fingerprint density at radius 2 is 2.12 bits per heavy atom. The zero-order valence-corrected chi connectivity index (χ0v) is 11.1. The van der Waals surface area contributed by atoms with Crippen molar-refractivity contribution in [1.29, 1.82) is 0 Å². The molecule has 1 atom stereocenters. The molecule has 1 saturated heterocycles. The quantitative estimate of drug-likeness (QED) is 0.806. The highest BCUT2D eigenvalue weighted by atomic mass is 16.6. The normalized spacial score (nSPS) is 25.2. The molecule has 1 aliphatic rings. The second kappa shape index (κ2) is 4.62. The van der Waals surface area contributed by atoms with Gasteiger partial charge >= 0.3 is 6.09 Å². The molecule has 1 aliphatic heterocycles. The molecule has 0 bridgehead atoms. The summed E-state index contributed by atoms with van der Waals surface area (Å²) in [7, 11) is 1.91. The zero-order chi connectivity index (χ0) is 12.4. The molecule has 0 aliphatic carbocycles. The number of rotatable bonds is 3. The minimum Gasteiger partial charge on any atom is -0.444 e. The number of ether oxygens (including phenoxy) is 1. The molecule has 1 rings (SSSR count). The van der Waals surface area contributed by atoms with Crippen LogP contribution in [0.25, 0.3) is 0 Å².